The van der Waals surface area contributed by atoms with Gasteiger partial charge in [0.2, 0.25) is 11.9 Å². The number of hydrogen-bond donors (Lipinski definition) is 3. The van der Waals surface area contributed by atoms with Crippen molar-refractivity contribution in [2.24, 2.45) is 5.73 Å². The largest absolute Gasteiger partial charge is 0.381 e. The van der Waals surface area contributed by atoms with Gasteiger partial charge in [0.05, 0.1) is 11.5 Å². The minimum absolute atomic E-state index is 0.0610. The molecule has 0 aliphatic rings. The van der Waals surface area contributed by atoms with Gasteiger partial charge in [0, 0.05) is 0 Å². The number of carbonyl (C=O) groups is 1. The molecule has 0 fully saturated rings. The normalized spacial score (nSPS) is 11.8. The van der Waals surface area contributed by atoms with Crippen LogP contribution in [0.4, 0.5) is 11.6 Å². The molecule has 1 atom stereocenters. The topological polar surface area (TPSA) is 144 Å². The number of anilines is 1. The molecule has 0 aliphatic heterocycles. The Labute approximate surface area is 89.5 Å². The molecule has 0 aromatic carbocycles. The van der Waals surface area contributed by atoms with Gasteiger partial charge in [0.1, 0.15) is 18.5 Å². The van der Waals surface area contributed by atoms with Crippen molar-refractivity contribution in [3.63, 3.8) is 0 Å². The molecule has 1 aromatic heterocycles. The van der Waals surface area contributed by atoms with E-state index in [0.717, 1.165) is 12.4 Å². The van der Waals surface area contributed by atoms with Crippen LogP contribution < -0.4 is 11.1 Å². The van der Waals surface area contributed by atoms with E-state index in [1.165, 1.54) is 0 Å². The van der Waals surface area contributed by atoms with Crippen LogP contribution in [0.25, 0.3) is 0 Å². The number of nitrogens with one attached hydrogen (secondary N) is 1. The van der Waals surface area contributed by atoms with Crippen molar-refractivity contribution in [1.82, 2.24) is 9.97 Å². The predicted octanol–water partition coefficient (Wildman–Crippen LogP) is -1.36. The molecule has 0 radical (unpaired) electrons. The summed E-state index contributed by atoms with van der Waals surface area (Å²) in [4.78, 5) is 27.3. The molecule has 0 aliphatic carbocycles. The Morgan fingerprint density at radius 1 is 1.62 bits per heavy atom. The zero-order chi connectivity index (χ0) is 12.1. The van der Waals surface area contributed by atoms with Gasteiger partial charge in [-0.1, -0.05) is 0 Å². The summed E-state index contributed by atoms with van der Waals surface area (Å²) in [5.74, 6) is -0.819. The number of hydrogen-bond acceptors (Lipinski definition) is 7. The van der Waals surface area contributed by atoms with Crippen LogP contribution in [0.2, 0.25) is 0 Å². The number of aliphatic hydroxyl groups excluding tert-OH is 1. The molecule has 1 aromatic rings. The van der Waals surface area contributed by atoms with Crippen LogP contribution in [-0.2, 0) is 4.79 Å². The Kier molecular flexibility index (Phi) is 3.67. The van der Waals surface area contributed by atoms with Gasteiger partial charge in [-0.2, -0.15) is 0 Å². The summed E-state index contributed by atoms with van der Waals surface area (Å²) in [6.45, 7) is -0.160. The molecular weight excluding hydrogens is 218 g/mol. The van der Waals surface area contributed by atoms with E-state index in [4.69, 9.17) is 10.8 Å². The first-order valence-corrected chi connectivity index (χ1v) is 4.18. The van der Waals surface area contributed by atoms with Gasteiger partial charge >= 0.3 is 5.69 Å². The number of nitrogens with zero attached hydrogens (tertiary/aromatic N) is 3. The summed E-state index contributed by atoms with van der Waals surface area (Å²) in [5.41, 5.74) is 4.56. The zero-order valence-corrected chi connectivity index (χ0v) is 8.03. The smallest absolute Gasteiger partial charge is 0.305 e. The Balaban J connectivity index is 2.56. The van der Waals surface area contributed by atoms with Crippen molar-refractivity contribution in [1.29, 1.82) is 0 Å². The number of carbonyl (C=O) groups excluding carboxylic acids is 1. The molecule has 9 nitrogen and oxygen atoms in total. The highest BCUT2D eigenvalue weighted by molar-refractivity contribution is 5.79. The van der Waals surface area contributed by atoms with Crippen molar-refractivity contribution in [2.75, 3.05) is 11.9 Å². The number of nitrogens with two attached hydrogens (primary N) is 1. The minimum atomic E-state index is -1.36. The van der Waals surface area contributed by atoms with Crippen molar-refractivity contribution in [2.45, 2.75) is 6.10 Å². The quantitative estimate of drug-likeness (QED) is 0.416. The first-order chi connectivity index (χ1) is 7.50. The predicted molar refractivity (Wildman–Crippen MR) is 52.4 cm³/mol. The second-order valence-corrected chi connectivity index (χ2v) is 2.82. The molecule has 0 bridgehead atoms. The molecule has 1 unspecified atom stereocenters. The Hall–Kier alpha value is -2.29. The van der Waals surface area contributed by atoms with E-state index in [1.54, 1.807) is 0 Å². The summed E-state index contributed by atoms with van der Waals surface area (Å²) in [6.07, 6.45) is 0.650. The second kappa shape index (κ2) is 4.98. The van der Waals surface area contributed by atoms with Crippen LogP contribution in [0.15, 0.2) is 12.4 Å². The Morgan fingerprint density at radius 3 is 2.62 bits per heavy atom. The number of rotatable bonds is 5. The van der Waals surface area contributed by atoms with E-state index in [9.17, 15) is 14.9 Å². The Bertz CT molecular complexity index is 392. The first-order valence-electron chi connectivity index (χ1n) is 4.18. The van der Waals surface area contributed by atoms with Gasteiger partial charge in [-0.3, -0.25) is 14.9 Å². The lowest BCUT2D eigenvalue weighted by Crippen LogP contribution is -2.34. The highest BCUT2D eigenvalue weighted by atomic mass is 16.6. The van der Waals surface area contributed by atoms with E-state index in [0.29, 0.717) is 0 Å². The Morgan fingerprint density at radius 2 is 2.19 bits per heavy atom. The van der Waals surface area contributed by atoms with Crippen LogP contribution in [0.5, 0.6) is 0 Å². The van der Waals surface area contributed by atoms with Crippen molar-refractivity contribution in [3.8, 4) is 0 Å². The highest BCUT2D eigenvalue weighted by Gasteiger charge is 2.11. The maximum Gasteiger partial charge on any atom is 0.305 e. The van der Waals surface area contributed by atoms with Gasteiger partial charge < -0.3 is 16.2 Å². The standard InChI is InChI=1S/C7H9N5O4/c8-6(14)5(13)3-11-7-9-1-4(2-10-7)12(15)16/h1-2,5,13H,3H2,(H2,8,14)(H,9,10,11). The van der Waals surface area contributed by atoms with Crippen molar-refractivity contribution in [3.05, 3.63) is 22.5 Å². The lowest BCUT2D eigenvalue weighted by Gasteiger charge is -2.07. The van der Waals surface area contributed by atoms with Crippen LogP contribution in [0.3, 0.4) is 0 Å². The van der Waals surface area contributed by atoms with Gasteiger partial charge in [0.25, 0.3) is 0 Å². The summed E-state index contributed by atoms with van der Waals surface area (Å²) in [7, 11) is 0. The summed E-state index contributed by atoms with van der Waals surface area (Å²) in [6, 6.07) is 0. The van der Waals surface area contributed by atoms with Crippen molar-refractivity contribution < 1.29 is 14.8 Å². The molecule has 4 N–H and O–H groups in total. The fourth-order valence-corrected chi connectivity index (χ4v) is 0.795. The van der Waals surface area contributed by atoms with Crippen LogP contribution in [-0.4, -0.2) is 38.6 Å². The number of nitro groups is 1. The molecule has 16 heavy (non-hydrogen) atoms. The lowest BCUT2D eigenvalue weighted by atomic mass is 10.3. The average molecular weight is 227 g/mol. The molecule has 1 rings (SSSR count). The molecule has 1 amide bonds. The SMILES string of the molecule is NC(=O)C(O)CNc1ncc([N+](=O)[O-])cn1. The van der Waals surface area contributed by atoms with Crippen LogP contribution >= 0.6 is 0 Å². The minimum Gasteiger partial charge on any atom is -0.381 e. The number of amides is 1. The number of aromatic nitrogens is 2. The number of aliphatic hydroxyl groups is 1. The lowest BCUT2D eigenvalue weighted by molar-refractivity contribution is -0.385. The van der Waals surface area contributed by atoms with E-state index in [-0.39, 0.29) is 18.2 Å². The molecule has 9 heteroatoms. The van der Waals surface area contributed by atoms with Gasteiger partial charge in [-0.05, 0) is 0 Å². The molecule has 1 heterocycles. The maximum atomic E-state index is 10.5. The van der Waals surface area contributed by atoms with Gasteiger partial charge in [-0.15, -0.1) is 0 Å². The third-order valence-electron chi connectivity index (χ3n) is 1.63. The number of primary amides is 1. The third-order valence-corrected chi connectivity index (χ3v) is 1.63. The highest BCUT2D eigenvalue weighted by Crippen LogP contribution is 2.07. The average Bonchev–Trinajstić information content (AvgIpc) is 2.26. The fourth-order valence-electron chi connectivity index (χ4n) is 0.795. The summed E-state index contributed by atoms with van der Waals surface area (Å²) < 4.78 is 0. The monoisotopic (exact) mass is 227 g/mol. The maximum absolute atomic E-state index is 10.5. The summed E-state index contributed by atoms with van der Waals surface area (Å²) >= 11 is 0. The first kappa shape index (κ1) is 11.8. The fraction of sp³-hybridized carbons (Fsp3) is 0.286. The van der Waals surface area contributed by atoms with Crippen LogP contribution in [0, 0.1) is 10.1 Å². The van der Waals surface area contributed by atoms with Gasteiger partial charge in [-0.25, -0.2) is 9.97 Å². The van der Waals surface area contributed by atoms with E-state index >= 15 is 0 Å². The van der Waals surface area contributed by atoms with E-state index in [1.807, 2.05) is 0 Å². The van der Waals surface area contributed by atoms with E-state index < -0.39 is 16.9 Å². The molecule has 0 saturated heterocycles. The molecular formula is C7H9N5O4. The summed E-state index contributed by atoms with van der Waals surface area (Å²) in [5, 5.41) is 21.8. The third kappa shape index (κ3) is 3.13. The van der Waals surface area contributed by atoms with Crippen LogP contribution in [0.1, 0.15) is 0 Å². The van der Waals surface area contributed by atoms with E-state index in [2.05, 4.69) is 15.3 Å². The molecule has 0 spiro atoms. The molecule has 0 saturated carbocycles. The second-order valence-electron chi connectivity index (χ2n) is 2.82. The van der Waals surface area contributed by atoms with Crippen molar-refractivity contribution >= 4 is 17.5 Å². The zero-order valence-electron chi connectivity index (χ0n) is 8.03. The molecule has 86 valence electrons. The van der Waals surface area contributed by atoms with Gasteiger partial charge in [0.15, 0.2) is 0 Å².